The van der Waals surface area contributed by atoms with E-state index >= 15 is 0 Å². The topological polar surface area (TPSA) is 21.3 Å². The summed E-state index contributed by atoms with van der Waals surface area (Å²) < 4.78 is 5.57. The summed E-state index contributed by atoms with van der Waals surface area (Å²) in [6, 6.07) is 8.53. The average Bonchev–Trinajstić information content (AvgIpc) is 2.35. The minimum absolute atomic E-state index is 0.448. The van der Waals surface area contributed by atoms with Crippen LogP contribution in [0.15, 0.2) is 29.2 Å². The number of thioether (sulfide) groups is 1. The summed E-state index contributed by atoms with van der Waals surface area (Å²) in [7, 11) is 0. The quantitative estimate of drug-likeness (QED) is 0.909. The van der Waals surface area contributed by atoms with Gasteiger partial charge in [-0.2, -0.15) is 0 Å². The molecule has 2 rings (SSSR count). The Bertz CT molecular complexity index is 359. The van der Waals surface area contributed by atoms with Crippen LogP contribution in [-0.2, 0) is 4.74 Å². The van der Waals surface area contributed by atoms with Gasteiger partial charge >= 0.3 is 0 Å². The van der Waals surface area contributed by atoms with E-state index in [4.69, 9.17) is 16.3 Å². The van der Waals surface area contributed by atoms with E-state index in [1.807, 2.05) is 30.0 Å². The molecule has 2 unspecified atom stereocenters. The summed E-state index contributed by atoms with van der Waals surface area (Å²) in [5.74, 6) is 0. The first-order valence-electron chi connectivity index (χ1n) is 6.03. The van der Waals surface area contributed by atoms with Crippen LogP contribution in [0.4, 0.5) is 0 Å². The Balaban J connectivity index is 2.03. The van der Waals surface area contributed by atoms with E-state index in [9.17, 15) is 0 Å². The molecule has 2 nitrogen and oxygen atoms in total. The molecule has 0 saturated carbocycles. The first-order valence-corrected chi connectivity index (χ1v) is 7.29. The van der Waals surface area contributed by atoms with Crippen molar-refractivity contribution in [2.45, 2.75) is 29.5 Å². The van der Waals surface area contributed by atoms with Gasteiger partial charge in [0, 0.05) is 22.8 Å². The second-order valence-corrected chi connectivity index (χ2v) is 5.80. The van der Waals surface area contributed by atoms with E-state index in [0.717, 1.165) is 36.1 Å². The molecule has 1 aliphatic rings. The van der Waals surface area contributed by atoms with E-state index in [2.05, 4.69) is 18.3 Å². The molecule has 0 bridgehead atoms. The normalized spacial score (nSPS) is 24.8. The lowest BCUT2D eigenvalue weighted by molar-refractivity contribution is 0.0837. The summed E-state index contributed by atoms with van der Waals surface area (Å²) in [5, 5.41) is 4.81. The largest absolute Gasteiger partial charge is 0.380 e. The maximum atomic E-state index is 6.19. The second-order valence-electron chi connectivity index (χ2n) is 4.11. The third-order valence-corrected chi connectivity index (χ3v) is 4.70. The van der Waals surface area contributed by atoms with Crippen molar-refractivity contribution in [3.8, 4) is 0 Å². The van der Waals surface area contributed by atoms with Crippen LogP contribution >= 0.6 is 23.4 Å². The van der Waals surface area contributed by atoms with Crippen LogP contribution in [0, 0.1) is 0 Å². The molecule has 1 aliphatic heterocycles. The highest BCUT2D eigenvalue weighted by Gasteiger charge is 2.26. The SMILES string of the molecule is CCNC1CCOCC1Sc1ccccc1Cl. The molecule has 1 saturated heterocycles. The Morgan fingerprint density at radius 2 is 2.29 bits per heavy atom. The van der Waals surface area contributed by atoms with E-state index in [1.165, 1.54) is 0 Å². The van der Waals surface area contributed by atoms with Crippen molar-refractivity contribution in [3.05, 3.63) is 29.3 Å². The maximum absolute atomic E-state index is 6.19. The van der Waals surface area contributed by atoms with Gasteiger partial charge in [0.25, 0.3) is 0 Å². The predicted octanol–water partition coefficient (Wildman–Crippen LogP) is 3.20. The van der Waals surface area contributed by atoms with Crippen LogP contribution in [0.2, 0.25) is 5.02 Å². The Hall–Kier alpha value is -0.220. The Labute approximate surface area is 112 Å². The molecule has 1 heterocycles. The zero-order chi connectivity index (χ0) is 12.1. The van der Waals surface area contributed by atoms with Gasteiger partial charge in [-0.25, -0.2) is 0 Å². The number of nitrogens with one attached hydrogen (secondary N) is 1. The van der Waals surface area contributed by atoms with Gasteiger partial charge in [0.1, 0.15) is 0 Å². The van der Waals surface area contributed by atoms with Gasteiger partial charge in [0.05, 0.1) is 11.6 Å². The van der Waals surface area contributed by atoms with Crippen LogP contribution < -0.4 is 5.32 Å². The van der Waals surface area contributed by atoms with Crippen molar-refractivity contribution in [2.24, 2.45) is 0 Å². The molecule has 0 aliphatic carbocycles. The molecule has 0 radical (unpaired) electrons. The summed E-state index contributed by atoms with van der Waals surface area (Å²) in [6.07, 6.45) is 1.08. The fourth-order valence-corrected chi connectivity index (χ4v) is 3.52. The lowest BCUT2D eigenvalue weighted by atomic mass is 10.1. The molecule has 1 fully saturated rings. The van der Waals surface area contributed by atoms with Gasteiger partial charge in [-0.05, 0) is 25.1 Å². The van der Waals surface area contributed by atoms with Gasteiger partial charge in [-0.1, -0.05) is 30.7 Å². The van der Waals surface area contributed by atoms with Crippen molar-refractivity contribution < 1.29 is 4.74 Å². The number of rotatable bonds is 4. The monoisotopic (exact) mass is 271 g/mol. The number of hydrogen-bond donors (Lipinski definition) is 1. The Morgan fingerprint density at radius 1 is 1.47 bits per heavy atom. The fraction of sp³-hybridized carbons (Fsp3) is 0.538. The van der Waals surface area contributed by atoms with E-state index in [0.29, 0.717) is 11.3 Å². The number of hydrogen-bond acceptors (Lipinski definition) is 3. The van der Waals surface area contributed by atoms with Crippen LogP contribution in [0.3, 0.4) is 0 Å². The van der Waals surface area contributed by atoms with Crippen molar-refractivity contribution in [1.29, 1.82) is 0 Å². The summed E-state index contributed by atoms with van der Waals surface area (Å²) in [6.45, 7) is 4.81. The molecule has 17 heavy (non-hydrogen) atoms. The van der Waals surface area contributed by atoms with Crippen LogP contribution in [0.5, 0.6) is 0 Å². The molecule has 1 aromatic rings. The van der Waals surface area contributed by atoms with Crippen molar-refractivity contribution in [2.75, 3.05) is 19.8 Å². The Morgan fingerprint density at radius 3 is 3.06 bits per heavy atom. The lowest BCUT2D eigenvalue weighted by Gasteiger charge is -2.31. The second kappa shape index (κ2) is 6.64. The third kappa shape index (κ3) is 3.62. The first-order chi connectivity index (χ1) is 8.31. The average molecular weight is 272 g/mol. The first kappa shape index (κ1) is 13.2. The van der Waals surface area contributed by atoms with Crippen molar-refractivity contribution >= 4 is 23.4 Å². The molecular weight excluding hydrogens is 254 g/mol. The summed E-state index contributed by atoms with van der Waals surface area (Å²) in [5.41, 5.74) is 0. The predicted molar refractivity (Wildman–Crippen MR) is 74.0 cm³/mol. The molecule has 4 heteroatoms. The number of benzene rings is 1. The summed E-state index contributed by atoms with van der Waals surface area (Å²) in [4.78, 5) is 1.15. The summed E-state index contributed by atoms with van der Waals surface area (Å²) >= 11 is 8.01. The molecule has 0 amide bonds. The number of halogens is 1. The molecule has 0 aromatic heterocycles. The van der Waals surface area contributed by atoms with Gasteiger partial charge in [-0.3, -0.25) is 0 Å². The van der Waals surface area contributed by atoms with E-state index in [1.54, 1.807) is 0 Å². The zero-order valence-corrected chi connectivity index (χ0v) is 11.6. The lowest BCUT2D eigenvalue weighted by Crippen LogP contribution is -2.44. The van der Waals surface area contributed by atoms with Crippen molar-refractivity contribution in [3.63, 3.8) is 0 Å². The van der Waals surface area contributed by atoms with Gasteiger partial charge < -0.3 is 10.1 Å². The van der Waals surface area contributed by atoms with Gasteiger partial charge in [0.2, 0.25) is 0 Å². The third-order valence-electron chi connectivity index (χ3n) is 2.89. The highest BCUT2D eigenvalue weighted by molar-refractivity contribution is 8.00. The Kier molecular flexibility index (Phi) is 5.16. The van der Waals surface area contributed by atoms with E-state index in [-0.39, 0.29) is 0 Å². The van der Waals surface area contributed by atoms with Crippen LogP contribution in [-0.4, -0.2) is 31.1 Å². The molecule has 0 spiro atoms. The smallest absolute Gasteiger partial charge is 0.0603 e. The van der Waals surface area contributed by atoms with Crippen molar-refractivity contribution in [1.82, 2.24) is 5.32 Å². The number of ether oxygens (including phenoxy) is 1. The van der Waals surface area contributed by atoms with E-state index < -0.39 is 0 Å². The highest BCUT2D eigenvalue weighted by atomic mass is 35.5. The maximum Gasteiger partial charge on any atom is 0.0603 e. The molecule has 1 aromatic carbocycles. The molecular formula is C13H18ClNOS. The van der Waals surface area contributed by atoms with Crippen LogP contribution in [0.25, 0.3) is 0 Å². The molecule has 1 N–H and O–H groups in total. The van der Waals surface area contributed by atoms with Gasteiger partial charge in [0.15, 0.2) is 0 Å². The molecule has 2 atom stereocenters. The minimum Gasteiger partial charge on any atom is -0.380 e. The standard InChI is InChI=1S/C13H18ClNOS/c1-2-15-11-7-8-16-9-13(11)17-12-6-4-3-5-10(12)14/h3-6,11,13,15H,2,7-9H2,1H3. The highest BCUT2D eigenvalue weighted by Crippen LogP contribution is 2.33. The zero-order valence-electron chi connectivity index (χ0n) is 9.99. The van der Waals surface area contributed by atoms with Gasteiger partial charge in [-0.15, -0.1) is 11.8 Å². The molecule has 94 valence electrons. The fourth-order valence-electron chi connectivity index (χ4n) is 2.03. The van der Waals surface area contributed by atoms with Crippen LogP contribution in [0.1, 0.15) is 13.3 Å². The minimum atomic E-state index is 0.448.